The highest BCUT2D eigenvalue weighted by Gasteiger charge is 2.33. The number of sulfonamides is 1. The first-order chi connectivity index (χ1) is 8.99. The van der Waals surface area contributed by atoms with Gasteiger partial charge in [0.1, 0.15) is 0 Å². The first-order valence-electron chi connectivity index (χ1n) is 6.93. The van der Waals surface area contributed by atoms with Crippen LogP contribution >= 0.6 is 0 Å². The van der Waals surface area contributed by atoms with Gasteiger partial charge in [0.25, 0.3) is 0 Å². The average molecular weight is 290 g/mol. The molecule has 0 aromatic carbocycles. The van der Waals surface area contributed by atoms with Crippen molar-refractivity contribution in [2.24, 2.45) is 0 Å². The van der Waals surface area contributed by atoms with E-state index in [0.717, 1.165) is 32.4 Å². The monoisotopic (exact) mass is 290 g/mol. The molecule has 0 amide bonds. The normalized spacial score (nSPS) is 26.0. The van der Waals surface area contributed by atoms with Crippen molar-refractivity contribution in [3.05, 3.63) is 0 Å². The molecule has 0 saturated carbocycles. The van der Waals surface area contributed by atoms with E-state index in [1.165, 1.54) is 0 Å². The summed E-state index contributed by atoms with van der Waals surface area (Å²) in [7, 11) is -3.30. The molecular formula is C12H22N2O4S. The summed E-state index contributed by atoms with van der Waals surface area (Å²) in [5.41, 5.74) is 0. The summed E-state index contributed by atoms with van der Waals surface area (Å²) < 4.78 is 26.0. The minimum atomic E-state index is -3.30. The van der Waals surface area contributed by atoms with E-state index in [-0.39, 0.29) is 18.6 Å². The van der Waals surface area contributed by atoms with Gasteiger partial charge in [0, 0.05) is 25.6 Å². The summed E-state index contributed by atoms with van der Waals surface area (Å²) in [4.78, 5) is 12.8. The summed E-state index contributed by atoms with van der Waals surface area (Å²) in [6, 6.07) is 0.358. The Morgan fingerprint density at radius 3 is 2.68 bits per heavy atom. The molecule has 2 saturated heterocycles. The fraction of sp³-hybridized carbons (Fsp3) is 0.917. The van der Waals surface area contributed by atoms with Gasteiger partial charge in [-0.05, 0) is 38.8 Å². The number of hydrogen-bond acceptors (Lipinski definition) is 4. The Balaban J connectivity index is 1.93. The number of rotatable bonds is 5. The SMILES string of the molecule is O=C(O)CCCS(=O)(=O)N1CCCN2CCCC2C1. The van der Waals surface area contributed by atoms with E-state index in [2.05, 4.69) is 4.90 Å². The lowest BCUT2D eigenvalue weighted by atomic mass is 10.2. The summed E-state index contributed by atoms with van der Waals surface area (Å²) in [5, 5.41) is 8.57. The number of carbonyl (C=O) groups is 1. The zero-order valence-corrected chi connectivity index (χ0v) is 11.9. The van der Waals surface area contributed by atoms with Crippen molar-refractivity contribution in [2.75, 3.05) is 31.9 Å². The van der Waals surface area contributed by atoms with Crippen LogP contribution in [0.4, 0.5) is 0 Å². The Bertz CT molecular complexity index is 423. The Morgan fingerprint density at radius 1 is 1.21 bits per heavy atom. The summed E-state index contributed by atoms with van der Waals surface area (Å²) in [5.74, 6) is -0.987. The first kappa shape index (κ1) is 14.7. The van der Waals surface area contributed by atoms with Gasteiger partial charge in [0.05, 0.1) is 5.75 Å². The molecule has 1 atom stereocenters. The molecule has 1 N–H and O–H groups in total. The van der Waals surface area contributed by atoms with Crippen molar-refractivity contribution in [3.8, 4) is 0 Å². The molecule has 2 aliphatic rings. The van der Waals surface area contributed by atoms with Gasteiger partial charge in [-0.25, -0.2) is 12.7 Å². The third-order valence-corrected chi connectivity index (χ3v) is 5.88. The van der Waals surface area contributed by atoms with Crippen LogP contribution in [-0.4, -0.2) is 66.7 Å². The second-order valence-electron chi connectivity index (χ2n) is 5.36. The van der Waals surface area contributed by atoms with Gasteiger partial charge in [-0.1, -0.05) is 0 Å². The van der Waals surface area contributed by atoms with Crippen LogP contribution in [0, 0.1) is 0 Å². The maximum absolute atomic E-state index is 12.2. The molecule has 6 nitrogen and oxygen atoms in total. The topological polar surface area (TPSA) is 77.9 Å². The van der Waals surface area contributed by atoms with Crippen LogP contribution < -0.4 is 0 Å². The Kier molecular flexibility index (Phi) is 4.81. The second-order valence-corrected chi connectivity index (χ2v) is 7.45. The lowest BCUT2D eigenvalue weighted by Gasteiger charge is -2.25. The molecule has 2 rings (SSSR count). The van der Waals surface area contributed by atoms with Gasteiger partial charge in [-0.2, -0.15) is 0 Å². The van der Waals surface area contributed by atoms with Gasteiger partial charge >= 0.3 is 5.97 Å². The highest BCUT2D eigenvalue weighted by Crippen LogP contribution is 2.23. The van der Waals surface area contributed by atoms with Crippen LogP contribution in [0.3, 0.4) is 0 Å². The molecule has 2 aliphatic heterocycles. The van der Waals surface area contributed by atoms with E-state index >= 15 is 0 Å². The molecule has 19 heavy (non-hydrogen) atoms. The highest BCUT2D eigenvalue weighted by molar-refractivity contribution is 7.89. The minimum absolute atomic E-state index is 0.0496. The van der Waals surface area contributed by atoms with Gasteiger partial charge in [-0.3, -0.25) is 9.69 Å². The fourth-order valence-corrected chi connectivity index (χ4v) is 4.53. The Hall–Kier alpha value is -0.660. The molecule has 2 heterocycles. The predicted molar refractivity (Wildman–Crippen MR) is 71.4 cm³/mol. The molecule has 110 valence electrons. The molecule has 0 spiro atoms. The zero-order valence-electron chi connectivity index (χ0n) is 11.1. The number of hydrogen-bond donors (Lipinski definition) is 1. The number of carboxylic acid groups (broad SMARTS) is 1. The average Bonchev–Trinajstić information content (AvgIpc) is 2.65. The Labute approximate surface area is 114 Å². The van der Waals surface area contributed by atoms with Gasteiger partial charge in [0.2, 0.25) is 10.0 Å². The first-order valence-corrected chi connectivity index (χ1v) is 8.53. The van der Waals surface area contributed by atoms with E-state index in [1.54, 1.807) is 4.31 Å². The van der Waals surface area contributed by atoms with Gasteiger partial charge in [-0.15, -0.1) is 0 Å². The molecule has 0 aromatic heterocycles. The molecule has 0 bridgehead atoms. The van der Waals surface area contributed by atoms with E-state index in [9.17, 15) is 13.2 Å². The molecule has 0 aliphatic carbocycles. The standard InChI is InChI=1S/C12H22N2O4S/c15-12(16)5-2-9-19(17,18)14-8-3-7-13-6-1-4-11(13)10-14/h11H,1-10H2,(H,15,16). The number of fused-ring (bicyclic) bond motifs is 1. The van der Waals surface area contributed by atoms with Crippen LogP contribution in [0.15, 0.2) is 0 Å². The maximum Gasteiger partial charge on any atom is 0.303 e. The van der Waals surface area contributed by atoms with Crippen LogP contribution in [0.25, 0.3) is 0 Å². The second kappa shape index (κ2) is 6.19. The van der Waals surface area contributed by atoms with Crippen molar-refractivity contribution in [1.82, 2.24) is 9.21 Å². The van der Waals surface area contributed by atoms with Crippen molar-refractivity contribution in [3.63, 3.8) is 0 Å². The van der Waals surface area contributed by atoms with E-state index in [1.807, 2.05) is 0 Å². The van der Waals surface area contributed by atoms with E-state index in [4.69, 9.17) is 5.11 Å². The van der Waals surface area contributed by atoms with Crippen molar-refractivity contribution in [2.45, 2.75) is 38.1 Å². The molecule has 2 fully saturated rings. The van der Waals surface area contributed by atoms with E-state index < -0.39 is 16.0 Å². The van der Waals surface area contributed by atoms with Crippen LogP contribution in [0.2, 0.25) is 0 Å². The van der Waals surface area contributed by atoms with Crippen LogP contribution in [0.5, 0.6) is 0 Å². The van der Waals surface area contributed by atoms with Crippen molar-refractivity contribution < 1.29 is 18.3 Å². The molecular weight excluding hydrogens is 268 g/mol. The zero-order chi connectivity index (χ0) is 13.9. The molecule has 0 radical (unpaired) electrons. The third-order valence-electron chi connectivity index (χ3n) is 3.95. The number of aliphatic carboxylic acids is 1. The molecule has 0 aromatic rings. The van der Waals surface area contributed by atoms with Gasteiger partial charge < -0.3 is 5.11 Å². The smallest absolute Gasteiger partial charge is 0.303 e. The van der Waals surface area contributed by atoms with Crippen molar-refractivity contribution in [1.29, 1.82) is 0 Å². The van der Waals surface area contributed by atoms with E-state index in [0.29, 0.717) is 19.1 Å². The minimum Gasteiger partial charge on any atom is -0.481 e. The number of carboxylic acids is 1. The largest absolute Gasteiger partial charge is 0.481 e. The van der Waals surface area contributed by atoms with Crippen LogP contribution in [0.1, 0.15) is 32.1 Å². The number of nitrogens with zero attached hydrogens (tertiary/aromatic N) is 2. The lowest BCUT2D eigenvalue weighted by molar-refractivity contribution is -0.137. The van der Waals surface area contributed by atoms with Crippen LogP contribution in [-0.2, 0) is 14.8 Å². The summed E-state index contributed by atoms with van der Waals surface area (Å²) in [6.07, 6.45) is 3.21. The molecule has 1 unspecified atom stereocenters. The summed E-state index contributed by atoms with van der Waals surface area (Å²) in [6.45, 7) is 3.21. The maximum atomic E-state index is 12.2. The third kappa shape index (κ3) is 3.90. The molecule has 7 heteroatoms. The lowest BCUT2D eigenvalue weighted by Crippen LogP contribution is -2.40. The predicted octanol–water partition coefficient (Wildman–Crippen LogP) is 0.351. The van der Waals surface area contributed by atoms with Gasteiger partial charge in [0.15, 0.2) is 0 Å². The summed E-state index contributed by atoms with van der Waals surface area (Å²) >= 11 is 0. The fourth-order valence-electron chi connectivity index (χ4n) is 2.96. The Morgan fingerprint density at radius 2 is 1.95 bits per heavy atom. The quantitative estimate of drug-likeness (QED) is 0.790. The van der Waals surface area contributed by atoms with Crippen molar-refractivity contribution >= 4 is 16.0 Å². The highest BCUT2D eigenvalue weighted by atomic mass is 32.2.